The van der Waals surface area contributed by atoms with E-state index < -0.39 is 11.9 Å². The monoisotopic (exact) mass is 273 g/mol. The summed E-state index contributed by atoms with van der Waals surface area (Å²) >= 11 is 0. The maximum Gasteiger partial charge on any atom is 0.433 e. The summed E-state index contributed by atoms with van der Waals surface area (Å²) < 4.78 is 43.1. The molecule has 0 amide bonds. The highest BCUT2D eigenvalue weighted by Gasteiger charge is 2.34. The van der Waals surface area contributed by atoms with Crippen LogP contribution in [0.25, 0.3) is 0 Å². The molecule has 1 aromatic heterocycles. The Morgan fingerprint density at radius 1 is 1.21 bits per heavy atom. The molecule has 0 spiro atoms. The Morgan fingerprint density at radius 2 is 1.89 bits per heavy atom. The summed E-state index contributed by atoms with van der Waals surface area (Å²) in [5, 5.41) is 3.27. The minimum Gasteiger partial charge on any atom is -0.369 e. The number of nitrogens with zero attached hydrogens (tertiary/aromatic N) is 2. The van der Waals surface area contributed by atoms with Crippen molar-refractivity contribution >= 4 is 5.69 Å². The second kappa shape index (κ2) is 4.64. The van der Waals surface area contributed by atoms with E-state index in [4.69, 9.17) is 4.74 Å². The molecule has 2 aliphatic heterocycles. The van der Waals surface area contributed by atoms with Gasteiger partial charge in [0.15, 0.2) is 0 Å². The summed E-state index contributed by atoms with van der Waals surface area (Å²) in [6.45, 7) is 2.91. The van der Waals surface area contributed by atoms with Crippen molar-refractivity contribution in [3.63, 3.8) is 0 Å². The van der Waals surface area contributed by atoms with Gasteiger partial charge in [-0.15, -0.1) is 0 Å². The van der Waals surface area contributed by atoms with E-state index in [9.17, 15) is 13.2 Å². The number of rotatable bonds is 1. The Bertz CT molecular complexity index is 437. The Labute approximate surface area is 108 Å². The maximum absolute atomic E-state index is 12.4. The number of alkyl halides is 3. The number of fused-ring (bicyclic) bond motifs is 2. The summed E-state index contributed by atoms with van der Waals surface area (Å²) in [5.41, 5.74) is -0.139. The standard InChI is InChI=1S/C12H14F3N3O/c13-12(14,15)11-2-1-8(3-17-11)18-6-9-4-16-5-10(7-18)19-9/h1-3,9-10,16H,4-7H2. The van der Waals surface area contributed by atoms with Gasteiger partial charge in [0, 0.05) is 26.2 Å². The minimum absolute atomic E-state index is 0.0924. The smallest absolute Gasteiger partial charge is 0.369 e. The normalized spacial score (nSPS) is 27.4. The fourth-order valence-corrected chi connectivity index (χ4v) is 2.51. The highest BCUT2D eigenvalue weighted by molar-refractivity contribution is 5.45. The van der Waals surface area contributed by atoms with Crippen LogP contribution in [0.1, 0.15) is 5.69 Å². The average Bonchev–Trinajstić information content (AvgIpc) is 2.37. The zero-order chi connectivity index (χ0) is 13.5. The zero-order valence-electron chi connectivity index (χ0n) is 10.2. The molecule has 0 saturated carbocycles. The highest BCUT2D eigenvalue weighted by Crippen LogP contribution is 2.29. The Hall–Kier alpha value is -1.34. The first kappa shape index (κ1) is 12.7. The molecule has 3 heterocycles. The van der Waals surface area contributed by atoms with Crippen LogP contribution in [0.4, 0.5) is 18.9 Å². The SMILES string of the molecule is FC(F)(F)c1ccc(N2CC3CNCC(C2)O3)cn1. The van der Waals surface area contributed by atoms with Gasteiger partial charge in [-0.3, -0.25) is 0 Å². The van der Waals surface area contributed by atoms with Crippen molar-refractivity contribution in [2.24, 2.45) is 0 Å². The number of hydrogen-bond acceptors (Lipinski definition) is 4. The molecular weight excluding hydrogens is 259 g/mol. The molecule has 3 rings (SSSR count). The molecule has 2 fully saturated rings. The quantitative estimate of drug-likeness (QED) is 0.836. The second-order valence-corrected chi connectivity index (χ2v) is 4.84. The molecule has 0 radical (unpaired) electrons. The molecule has 4 nitrogen and oxygen atoms in total. The van der Waals surface area contributed by atoms with Gasteiger partial charge in [0.05, 0.1) is 24.1 Å². The van der Waals surface area contributed by atoms with Crippen LogP contribution in [0.5, 0.6) is 0 Å². The molecule has 19 heavy (non-hydrogen) atoms. The van der Waals surface area contributed by atoms with Crippen molar-refractivity contribution < 1.29 is 17.9 Å². The first-order valence-electron chi connectivity index (χ1n) is 6.17. The number of pyridine rings is 1. The molecular formula is C12H14F3N3O. The summed E-state index contributed by atoms with van der Waals surface area (Å²) in [6.07, 6.45) is -2.91. The van der Waals surface area contributed by atoms with E-state index in [2.05, 4.69) is 10.3 Å². The number of halogens is 3. The van der Waals surface area contributed by atoms with E-state index in [1.807, 2.05) is 4.90 Å². The van der Waals surface area contributed by atoms with Crippen molar-refractivity contribution in [2.45, 2.75) is 18.4 Å². The summed E-state index contributed by atoms with van der Waals surface area (Å²) in [6, 6.07) is 2.50. The van der Waals surface area contributed by atoms with Crippen LogP contribution in [-0.4, -0.2) is 43.4 Å². The third-order valence-electron chi connectivity index (χ3n) is 3.38. The first-order chi connectivity index (χ1) is 9.02. The molecule has 0 aliphatic carbocycles. The van der Waals surface area contributed by atoms with E-state index in [1.54, 1.807) is 0 Å². The van der Waals surface area contributed by atoms with Gasteiger partial charge in [0.1, 0.15) is 5.69 Å². The number of ether oxygens (including phenoxy) is 1. The number of hydrogen-bond donors (Lipinski definition) is 1. The van der Waals surface area contributed by atoms with Crippen LogP contribution in [0.3, 0.4) is 0 Å². The summed E-state index contributed by atoms with van der Waals surface area (Å²) in [7, 11) is 0. The van der Waals surface area contributed by atoms with Crippen LogP contribution < -0.4 is 10.2 Å². The predicted octanol–water partition coefficient (Wildman–Crippen LogP) is 1.28. The van der Waals surface area contributed by atoms with Gasteiger partial charge in [-0.05, 0) is 12.1 Å². The van der Waals surface area contributed by atoms with E-state index in [1.165, 1.54) is 12.3 Å². The van der Waals surface area contributed by atoms with Gasteiger partial charge in [-0.25, -0.2) is 4.98 Å². The third-order valence-corrected chi connectivity index (χ3v) is 3.38. The van der Waals surface area contributed by atoms with Crippen LogP contribution >= 0.6 is 0 Å². The zero-order valence-corrected chi connectivity index (χ0v) is 10.2. The Kier molecular flexibility index (Phi) is 3.10. The Balaban J connectivity index is 1.75. The average molecular weight is 273 g/mol. The van der Waals surface area contributed by atoms with Gasteiger partial charge < -0.3 is 15.0 Å². The number of nitrogens with one attached hydrogen (secondary N) is 1. The second-order valence-electron chi connectivity index (χ2n) is 4.84. The van der Waals surface area contributed by atoms with Crippen LogP contribution in [-0.2, 0) is 10.9 Å². The predicted molar refractivity (Wildman–Crippen MR) is 63.0 cm³/mol. The number of aromatic nitrogens is 1. The molecule has 2 aliphatic rings. The van der Waals surface area contributed by atoms with Crippen LogP contribution in [0.15, 0.2) is 18.3 Å². The topological polar surface area (TPSA) is 37.4 Å². The lowest BCUT2D eigenvalue weighted by Gasteiger charge is -2.42. The fraction of sp³-hybridized carbons (Fsp3) is 0.583. The van der Waals surface area contributed by atoms with E-state index >= 15 is 0 Å². The van der Waals surface area contributed by atoms with Gasteiger partial charge >= 0.3 is 6.18 Å². The van der Waals surface area contributed by atoms with Crippen molar-refractivity contribution in [3.8, 4) is 0 Å². The Morgan fingerprint density at radius 3 is 2.42 bits per heavy atom. The lowest BCUT2D eigenvalue weighted by molar-refractivity contribution is -0.141. The molecule has 2 saturated heterocycles. The van der Waals surface area contributed by atoms with Crippen molar-refractivity contribution in [2.75, 3.05) is 31.1 Å². The fourth-order valence-electron chi connectivity index (χ4n) is 2.51. The van der Waals surface area contributed by atoms with Gasteiger partial charge in [0.2, 0.25) is 0 Å². The lowest BCUT2D eigenvalue weighted by Crippen LogP contribution is -2.58. The molecule has 2 atom stereocenters. The van der Waals surface area contributed by atoms with E-state index in [-0.39, 0.29) is 12.2 Å². The molecule has 0 aromatic carbocycles. The van der Waals surface area contributed by atoms with Crippen molar-refractivity contribution in [3.05, 3.63) is 24.0 Å². The maximum atomic E-state index is 12.4. The summed E-state index contributed by atoms with van der Waals surface area (Å²) in [4.78, 5) is 5.53. The molecule has 7 heteroatoms. The van der Waals surface area contributed by atoms with Gasteiger partial charge in [0.25, 0.3) is 0 Å². The van der Waals surface area contributed by atoms with Crippen LogP contribution in [0.2, 0.25) is 0 Å². The molecule has 104 valence electrons. The van der Waals surface area contributed by atoms with Crippen molar-refractivity contribution in [1.29, 1.82) is 0 Å². The lowest BCUT2D eigenvalue weighted by atomic mass is 10.1. The molecule has 1 N–H and O–H groups in total. The van der Waals surface area contributed by atoms with Crippen LogP contribution in [0, 0.1) is 0 Å². The van der Waals surface area contributed by atoms with E-state index in [0.29, 0.717) is 18.8 Å². The first-order valence-corrected chi connectivity index (χ1v) is 6.17. The highest BCUT2D eigenvalue weighted by atomic mass is 19.4. The molecule has 1 aromatic rings. The van der Waals surface area contributed by atoms with Gasteiger partial charge in [-0.1, -0.05) is 0 Å². The number of anilines is 1. The minimum atomic E-state index is -4.38. The van der Waals surface area contributed by atoms with Gasteiger partial charge in [-0.2, -0.15) is 13.2 Å². The van der Waals surface area contributed by atoms with E-state index in [0.717, 1.165) is 19.2 Å². The molecule has 2 unspecified atom stereocenters. The summed E-state index contributed by atoms with van der Waals surface area (Å²) in [5.74, 6) is 0. The van der Waals surface area contributed by atoms with Crippen molar-refractivity contribution in [1.82, 2.24) is 10.3 Å². The largest absolute Gasteiger partial charge is 0.433 e. The third kappa shape index (κ3) is 2.66. The number of morpholine rings is 2. The molecule has 2 bridgehead atoms.